The van der Waals surface area contributed by atoms with Crippen LogP contribution >= 0.6 is 0 Å². The lowest BCUT2D eigenvalue weighted by Gasteiger charge is -2.25. The Morgan fingerprint density at radius 2 is 2.10 bits per heavy atom. The second-order valence-electron chi connectivity index (χ2n) is 3.93. The maximum absolute atomic E-state index is 5.89. The van der Waals surface area contributed by atoms with E-state index in [1.807, 2.05) is 0 Å². The summed E-state index contributed by atoms with van der Waals surface area (Å²) in [5.74, 6) is 0.916. The van der Waals surface area contributed by atoms with E-state index in [0.717, 1.165) is 12.0 Å². The molecule has 2 aliphatic rings. The SMILES string of the molecule is CN1C[C@@H]2C[C@H](N)C[C@H]1C2. The van der Waals surface area contributed by atoms with Crippen molar-refractivity contribution in [2.45, 2.75) is 31.3 Å². The van der Waals surface area contributed by atoms with Crippen LogP contribution < -0.4 is 5.73 Å². The maximum atomic E-state index is 5.89. The first-order chi connectivity index (χ1) is 4.75. The number of hydrogen-bond acceptors (Lipinski definition) is 2. The van der Waals surface area contributed by atoms with Gasteiger partial charge in [-0.3, -0.25) is 0 Å². The van der Waals surface area contributed by atoms with Crippen LogP contribution in [0.4, 0.5) is 0 Å². The predicted octanol–water partition coefficient (Wildman–Crippen LogP) is 0.428. The molecule has 2 heteroatoms. The zero-order valence-electron chi connectivity index (χ0n) is 6.59. The summed E-state index contributed by atoms with van der Waals surface area (Å²) in [7, 11) is 2.22. The maximum Gasteiger partial charge on any atom is 0.0110 e. The Hall–Kier alpha value is -0.0800. The molecule has 2 fully saturated rings. The molecule has 10 heavy (non-hydrogen) atoms. The van der Waals surface area contributed by atoms with Crippen molar-refractivity contribution < 1.29 is 0 Å². The number of nitrogens with two attached hydrogens (primary N) is 1. The van der Waals surface area contributed by atoms with Crippen LogP contribution in [-0.2, 0) is 0 Å². The minimum absolute atomic E-state index is 0.494. The smallest absolute Gasteiger partial charge is 0.0110 e. The predicted molar refractivity (Wildman–Crippen MR) is 41.7 cm³/mol. The van der Waals surface area contributed by atoms with Crippen LogP contribution in [-0.4, -0.2) is 30.6 Å². The molecule has 58 valence electrons. The van der Waals surface area contributed by atoms with Crippen LogP contribution in [0, 0.1) is 5.92 Å². The third kappa shape index (κ3) is 0.956. The zero-order valence-corrected chi connectivity index (χ0v) is 6.59. The van der Waals surface area contributed by atoms with E-state index in [9.17, 15) is 0 Å². The highest BCUT2D eigenvalue weighted by molar-refractivity contribution is 4.92. The van der Waals surface area contributed by atoms with Gasteiger partial charge in [-0.15, -0.1) is 0 Å². The van der Waals surface area contributed by atoms with E-state index in [1.54, 1.807) is 0 Å². The Balaban J connectivity index is 2.06. The van der Waals surface area contributed by atoms with Crippen LogP contribution in [0.5, 0.6) is 0 Å². The number of rotatable bonds is 0. The normalized spacial score (nSPS) is 48.0. The summed E-state index contributed by atoms with van der Waals surface area (Å²) < 4.78 is 0. The highest BCUT2D eigenvalue weighted by atomic mass is 15.2. The van der Waals surface area contributed by atoms with Crippen LogP contribution in [0.15, 0.2) is 0 Å². The molecule has 2 N–H and O–H groups in total. The molecule has 2 nitrogen and oxygen atoms in total. The molecule has 1 aliphatic heterocycles. The van der Waals surface area contributed by atoms with Gasteiger partial charge < -0.3 is 10.6 Å². The van der Waals surface area contributed by atoms with Crippen molar-refractivity contribution in [3.63, 3.8) is 0 Å². The molecule has 1 heterocycles. The van der Waals surface area contributed by atoms with Crippen LogP contribution in [0.1, 0.15) is 19.3 Å². The van der Waals surface area contributed by atoms with Crippen LogP contribution in [0.2, 0.25) is 0 Å². The van der Waals surface area contributed by atoms with Gasteiger partial charge in [-0.1, -0.05) is 0 Å². The van der Waals surface area contributed by atoms with Crippen molar-refractivity contribution in [3.8, 4) is 0 Å². The lowest BCUT2D eigenvalue weighted by atomic mass is 9.87. The van der Waals surface area contributed by atoms with Crippen molar-refractivity contribution >= 4 is 0 Å². The van der Waals surface area contributed by atoms with Gasteiger partial charge in [0.2, 0.25) is 0 Å². The average molecular weight is 140 g/mol. The topological polar surface area (TPSA) is 29.3 Å². The fourth-order valence-corrected chi connectivity index (χ4v) is 2.52. The minimum Gasteiger partial charge on any atom is -0.328 e. The summed E-state index contributed by atoms with van der Waals surface area (Å²) in [5, 5.41) is 0. The Morgan fingerprint density at radius 3 is 2.80 bits per heavy atom. The second kappa shape index (κ2) is 2.21. The van der Waals surface area contributed by atoms with Crippen LogP contribution in [0.3, 0.4) is 0 Å². The van der Waals surface area contributed by atoms with E-state index in [0.29, 0.717) is 6.04 Å². The van der Waals surface area contributed by atoms with Crippen molar-refractivity contribution in [3.05, 3.63) is 0 Å². The Morgan fingerprint density at radius 1 is 1.30 bits per heavy atom. The van der Waals surface area contributed by atoms with Gasteiger partial charge in [0.25, 0.3) is 0 Å². The van der Waals surface area contributed by atoms with Gasteiger partial charge in [-0.25, -0.2) is 0 Å². The number of nitrogens with zero attached hydrogens (tertiary/aromatic N) is 1. The first-order valence-electron chi connectivity index (χ1n) is 4.21. The van der Waals surface area contributed by atoms with Crippen molar-refractivity contribution in [1.29, 1.82) is 0 Å². The number of likely N-dealkylation sites (tertiary alicyclic amines) is 1. The molecule has 1 aliphatic carbocycles. The fourth-order valence-electron chi connectivity index (χ4n) is 2.52. The lowest BCUT2D eigenvalue weighted by molar-refractivity contribution is 0.281. The molecule has 2 rings (SSSR count). The van der Waals surface area contributed by atoms with Crippen molar-refractivity contribution in [2.24, 2.45) is 11.7 Å². The number of fused-ring (bicyclic) bond motifs is 2. The Bertz CT molecular complexity index is 130. The molecule has 0 aromatic carbocycles. The molecule has 1 saturated carbocycles. The summed E-state index contributed by atoms with van der Waals surface area (Å²) in [5.41, 5.74) is 5.89. The largest absolute Gasteiger partial charge is 0.328 e. The molecule has 3 atom stereocenters. The van der Waals surface area contributed by atoms with Gasteiger partial charge in [-0.05, 0) is 32.2 Å². The Kier molecular flexibility index (Phi) is 1.46. The molecule has 2 bridgehead atoms. The first kappa shape index (κ1) is 6.62. The molecular weight excluding hydrogens is 124 g/mol. The van der Waals surface area contributed by atoms with E-state index in [1.165, 1.54) is 25.8 Å². The monoisotopic (exact) mass is 140 g/mol. The summed E-state index contributed by atoms with van der Waals surface area (Å²) >= 11 is 0. The van der Waals surface area contributed by atoms with Gasteiger partial charge in [0.15, 0.2) is 0 Å². The van der Waals surface area contributed by atoms with Gasteiger partial charge in [0.05, 0.1) is 0 Å². The standard InChI is InChI=1S/C8H16N2/c1-10-5-6-2-7(9)4-8(10)3-6/h6-8H,2-5,9H2,1H3/t6-,7+,8-/m1/s1. The van der Waals surface area contributed by atoms with Crippen molar-refractivity contribution in [2.75, 3.05) is 13.6 Å². The van der Waals surface area contributed by atoms with E-state index < -0.39 is 0 Å². The molecule has 0 radical (unpaired) electrons. The Labute approximate surface area is 62.4 Å². The van der Waals surface area contributed by atoms with E-state index in [4.69, 9.17) is 5.73 Å². The van der Waals surface area contributed by atoms with E-state index >= 15 is 0 Å². The van der Waals surface area contributed by atoms with Crippen molar-refractivity contribution in [1.82, 2.24) is 4.90 Å². The molecule has 0 amide bonds. The minimum atomic E-state index is 0.494. The lowest BCUT2D eigenvalue weighted by Crippen LogP contribution is -2.34. The summed E-state index contributed by atoms with van der Waals surface area (Å²) in [6.45, 7) is 1.29. The highest BCUT2D eigenvalue weighted by Crippen LogP contribution is 2.33. The zero-order chi connectivity index (χ0) is 7.14. The molecule has 0 unspecified atom stereocenters. The van der Waals surface area contributed by atoms with Gasteiger partial charge in [0, 0.05) is 18.6 Å². The average Bonchev–Trinajstić information content (AvgIpc) is 2.07. The molecular formula is C8H16N2. The second-order valence-corrected chi connectivity index (χ2v) is 3.93. The van der Waals surface area contributed by atoms with Crippen LogP contribution in [0.25, 0.3) is 0 Å². The third-order valence-electron chi connectivity index (χ3n) is 2.99. The fraction of sp³-hybridized carbons (Fsp3) is 1.00. The molecule has 0 aromatic heterocycles. The van der Waals surface area contributed by atoms with E-state index in [-0.39, 0.29) is 0 Å². The summed E-state index contributed by atoms with van der Waals surface area (Å²) in [6.07, 6.45) is 3.90. The van der Waals surface area contributed by atoms with Gasteiger partial charge in [-0.2, -0.15) is 0 Å². The molecule has 0 spiro atoms. The third-order valence-corrected chi connectivity index (χ3v) is 2.99. The first-order valence-corrected chi connectivity index (χ1v) is 4.21. The quantitative estimate of drug-likeness (QED) is 0.528. The van der Waals surface area contributed by atoms with Gasteiger partial charge in [0.1, 0.15) is 0 Å². The summed E-state index contributed by atoms with van der Waals surface area (Å²) in [6, 6.07) is 1.31. The number of hydrogen-bond donors (Lipinski definition) is 1. The van der Waals surface area contributed by atoms with Gasteiger partial charge >= 0.3 is 0 Å². The molecule has 1 saturated heterocycles. The highest BCUT2D eigenvalue weighted by Gasteiger charge is 2.35. The van der Waals surface area contributed by atoms with E-state index in [2.05, 4.69) is 11.9 Å². The summed E-state index contributed by atoms with van der Waals surface area (Å²) in [4.78, 5) is 2.47. The molecule has 0 aromatic rings.